The van der Waals surface area contributed by atoms with Gasteiger partial charge in [0.05, 0.1) is 18.2 Å². The fraction of sp³-hybridized carbons (Fsp3) is 0.148. The topological polar surface area (TPSA) is 110 Å². The highest BCUT2D eigenvalue weighted by Crippen LogP contribution is 2.37. The summed E-state index contributed by atoms with van der Waals surface area (Å²) < 4.78 is 17.0. The van der Waals surface area contributed by atoms with E-state index in [1.807, 2.05) is 19.1 Å². The first-order chi connectivity index (χ1) is 17.4. The van der Waals surface area contributed by atoms with Gasteiger partial charge in [-0.3, -0.25) is 9.59 Å². The van der Waals surface area contributed by atoms with Crippen LogP contribution in [0.2, 0.25) is 0 Å². The Bertz CT molecular complexity index is 1290. The standard InChI is InChI=1S/C27H24BrN3O5/c1-3-35-24-15-18(13-19(16-29)27(33)31-20-7-5-4-6-8-20)14-23(28)26(24)36-17-25(32)30-21-9-11-22(34-2)12-10-21/h4-15H,3,17H2,1-2H3,(H,30,32)(H,31,33)/b19-13+. The molecule has 3 aromatic carbocycles. The summed E-state index contributed by atoms with van der Waals surface area (Å²) in [6, 6.07) is 21.0. The molecule has 0 fully saturated rings. The Morgan fingerprint density at radius 3 is 2.33 bits per heavy atom. The van der Waals surface area contributed by atoms with Crippen LogP contribution in [-0.4, -0.2) is 32.1 Å². The van der Waals surface area contributed by atoms with Crippen LogP contribution >= 0.6 is 15.9 Å². The lowest BCUT2D eigenvalue weighted by Gasteiger charge is -2.15. The molecule has 0 atom stereocenters. The van der Waals surface area contributed by atoms with E-state index in [1.54, 1.807) is 67.8 Å². The number of nitrogens with zero attached hydrogens (tertiary/aromatic N) is 1. The van der Waals surface area contributed by atoms with E-state index in [0.29, 0.717) is 45.3 Å². The van der Waals surface area contributed by atoms with Gasteiger partial charge in [-0.05, 0) is 83.0 Å². The molecule has 8 nitrogen and oxygen atoms in total. The van der Waals surface area contributed by atoms with Crippen LogP contribution in [0, 0.1) is 11.3 Å². The molecule has 36 heavy (non-hydrogen) atoms. The third-order valence-electron chi connectivity index (χ3n) is 4.76. The van der Waals surface area contributed by atoms with Gasteiger partial charge in [-0.25, -0.2) is 0 Å². The highest BCUT2D eigenvalue weighted by molar-refractivity contribution is 9.10. The molecule has 0 saturated heterocycles. The van der Waals surface area contributed by atoms with Gasteiger partial charge < -0.3 is 24.8 Å². The monoisotopic (exact) mass is 549 g/mol. The largest absolute Gasteiger partial charge is 0.497 e. The second-order valence-electron chi connectivity index (χ2n) is 7.32. The first kappa shape index (κ1) is 26.3. The van der Waals surface area contributed by atoms with E-state index in [1.165, 1.54) is 6.08 Å². The van der Waals surface area contributed by atoms with Gasteiger partial charge in [0.2, 0.25) is 0 Å². The smallest absolute Gasteiger partial charge is 0.266 e. The van der Waals surface area contributed by atoms with Crippen LogP contribution in [0.1, 0.15) is 12.5 Å². The Labute approximate surface area is 217 Å². The Morgan fingerprint density at radius 1 is 1.00 bits per heavy atom. The van der Waals surface area contributed by atoms with Crippen molar-refractivity contribution in [1.29, 1.82) is 5.26 Å². The van der Waals surface area contributed by atoms with Crippen LogP contribution in [0.4, 0.5) is 11.4 Å². The van der Waals surface area contributed by atoms with E-state index in [9.17, 15) is 14.9 Å². The van der Waals surface area contributed by atoms with Crippen molar-refractivity contribution in [3.05, 3.63) is 82.3 Å². The number of hydrogen-bond acceptors (Lipinski definition) is 6. The lowest BCUT2D eigenvalue weighted by atomic mass is 10.1. The van der Waals surface area contributed by atoms with Crippen molar-refractivity contribution < 1.29 is 23.8 Å². The van der Waals surface area contributed by atoms with Crippen LogP contribution in [0.25, 0.3) is 6.08 Å². The Kier molecular flexibility index (Phi) is 9.48. The summed E-state index contributed by atoms with van der Waals surface area (Å²) in [4.78, 5) is 24.9. The highest BCUT2D eigenvalue weighted by atomic mass is 79.9. The highest BCUT2D eigenvalue weighted by Gasteiger charge is 2.16. The molecule has 3 aromatic rings. The molecule has 0 spiro atoms. The molecule has 0 unspecified atom stereocenters. The van der Waals surface area contributed by atoms with E-state index < -0.39 is 5.91 Å². The summed E-state index contributed by atoms with van der Waals surface area (Å²) in [7, 11) is 1.57. The SMILES string of the molecule is CCOc1cc(/C=C(\C#N)C(=O)Nc2ccccc2)cc(Br)c1OCC(=O)Nc1ccc(OC)cc1. The maximum Gasteiger partial charge on any atom is 0.266 e. The second-order valence-corrected chi connectivity index (χ2v) is 8.17. The first-order valence-corrected chi connectivity index (χ1v) is 11.7. The van der Waals surface area contributed by atoms with Crippen LogP contribution in [0.15, 0.2) is 76.8 Å². The van der Waals surface area contributed by atoms with Gasteiger partial charge >= 0.3 is 0 Å². The van der Waals surface area contributed by atoms with Crippen LogP contribution < -0.4 is 24.8 Å². The third-order valence-corrected chi connectivity index (χ3v) is 5.35. The van der Waals surface area contributed by atoms with Crippen molar-refractivity contribution >= 4 is 45.2 Å². The number of halogens is 1. The van der Waals surface area contributed by atoms with Crippen molar-refractivity contribution in [2.75, 3.05) is 31.0 Å². The van der Waals surface area contributed by atoms with Crippen molar-refractivity contribution in [3.63, 3.8) is 0 Å². The van der Waals surface area contributed by atoms with E-state index >= 15 is 0 Å². The van der Waals surface area contributed by atoms with Crippen molar-refractivity contribution in [2.24, 2.45) is 0 Å². The number of ether oxygens (including phenoxy) is 3. The van der Waals surface area contributed by atoms with Crippen LogP contribution in [0.5, 0.6) is 17.2 Å². The molecule has 0 radical (unpaired) electrons. The van der Waals surface area contributed by atoms with E-state index in [0.717, 1.165) is 0 Å². The molecule has 0 aliphatic carbocycles. The van der Waals surface area contributed by atoms with Gasteiger partial charge in [-0.1, -0.05) is 18.2 Å². The van der Waals surface area contributed by atoms with Gasteiger partial charge in [0.1, 0.15) is 17.4 Å². The number of anilines is 2. The molecule has 0 aliphatic rings. The molecule has 9 heteroatoms. The van der Waals surface area contributed by atoms with Crippen molar-refractivity contribution in [2.45, 2.75) is 6.92 Å². The van der Waals surface area contributed by atoms with Gasteiger partial charge in [0.25, 0.3) is 11.8 Å². The molecule has 2 N–H and O–H groups in total. The molecule has 0 aromatic heterocycles. The molecule has 2 amide bonds. The fourth-order valence-corrected chi connectivity index (χ4v) is 3.69. The summed E-state index contributed by atoms with van der Waals surface area (Å²) >= 11 is 3.44. The zero-order valence-electron chi connectivity index (χ0n) is 19.7. The number of methoxy groups -OCH3 is 1. The summed E-state index contributed by atoms with van der Waals surface area (Å²) in [5.74, 6) is 0.471. The summed E-state index contributed by atoms with van der Waals surface area (Å²) in [5.41, 5.74) is 1.64. The number of nitrogens with one attached hydrogen (secondary N) is 2. The average Bonchev–Trinajstić information content (AvgIpc) is 2.88. The number of nitriles is 1. The number of carbonyl (C=O) groups is 2. The number of hydrogen-bond donors (Lipinski definition) is 2. The molecule has 0 saturated carbocycles. The maximum absolute atomic E-state index is 12.6. The van der Waals surface area contributed by atoms with E-state index in [2.05, 4.69) is 26.6 Å². The van der Waals surface area contributed by atoms with E-state index in [-0.39, 0.29) is 18.1 Å². The molecule has 3 rings (SSSR count). The van der Waals surface area contributed by atoms with Gasteiger partial charge in [0.15, 0.2) is 18.1 Å². The van der Waals surface area contributed by atoms with Gasteiger partial charge in [-0.15, -0.1) is 0 Å². The zero-order chi connectivity index (χ0) is 25.9. The van der Waals surface area contributed by atoms with E-state index in [4.69, 9.17) is 14.2 Å². The quantitative estimate of drug-likeness (QED) is 0.258. The average molecular weight is 550 g/mol. The zero-order valence-corrected chi connectivity index (χ0v) is 21.3. The predicted octanol–water partition coefficient (Wildman–Crippen LogP) is 5.42. The lowest BCUT2D eigenvalue weighted by molar-refractivity contribution is -0.118. The molecule has 0 aliphatic heterocycles. The summed E-state index contributed by atoms with van der Waals surface area (Å²) in [6.45, 7) is 1.89. The Balaban J connectivity index is 1.74. The second kappa shape index (κ2) is 13.0. The van der Waals surface area contributed by atoms with Gasteiger partial charge in [-0.2, -0.15) is 5.26 Å². The molecular formula is C27H24BrN3O5. The van der Waals surface area contributed by atoms with Crippen molar-refractivity contribution in [1.82, 2.24) is 0 Å². The van der Waals surface area contributed by atoms with Crippen molar-refractivity contribution in [3.8, 4) is 23.3 Å². The first-order valence-electron chi connectivity index (χ1n) is 10.9. The number of benzene rings is 3. The summed E-state index contributed by atoms with van der Waals surface area (Å²) in [6.07, 6.45) is 1.45. The number of para-hydroxylation sites is 1. The van der Waals surface area contributed by atoms with Gasteiger partial charge in [0, 0.05) is 11.4 Å². The normalized spacial score (nSPS) is 10.7. The minimum Gasteiger partial charge on any atom is -0.497 e. The third kappa shape index (κ3) is 7.35. The Hall–Kier alpha value is -4.29. The minimum atomic E-state index is -0.534. The number of amides is 2. The number of rotatable bonds is 10. The predicted molar refractivity (Wildman–Crippen MR) is 141 cm³/mol. The van der Waals surface area contributed by atoms with Crippen LogP contribution in [0.3, 0.4) is 0 Å². The Morgan fingerprint density at radius 2 is 1.69 bits per heavy atom. The lowest BCUT2D eigenvalue weighted by Crippen LogP contribution is -2.20. The molecule has 0 bridgehead atoms. The minimum absolute atomic E-state index is 0.0826. The summed E-state index contributed by atoms with van der Waals surface area (Å²) in [5, 5.41) is 15.0. The van der Waals surface area contributed by atoms with Crippen LogP contribution in [-0.2, 0) is 9.59 Å². The molecule has 184 valence electrons. The molecular weight excluding hydrogens is 526 g/mol. The maximum atomic E-state index is 12.6. The number of carbonyl (C=O) groups excluding carboxylic acids is 2. The fourth-order valence-electron chi connectivity index (χ4n) is 3.12. The molecule has 0 heterocycles.